The molecule has 124 valence electrons. The van der Waals surface area contributed by atoms with E-state index in [4.69, 9.17) is 0 Å². The number of aryl methyl sites for hydroxylation is 1. The summed E-state index contributed by atoms with van der Waals surface area (Å²) < 4.78 is 0. The topological polar surface area (TPSA) is 58.2 Å². The number of rotatable bonds is 6. The van der Waals surface area contributed by atoms with Gasteiger partial charge in [0.05, 0.1) is 0 Å². The molecule has 0 aromatic heterocycles. The maximum atomic E-state index is 12.1. The van der Waals surface area contributed by atoms with Crippen LogP contribution in [0.1, 0.15) is 23.6 Å². The lowest BCUT2D eigenvalue weighted by atomic mass is 10.1. The molecule has 2 amide bonds. The minimum absolute atomic E-state index is 0.209. The van der Waals surface area contributed by atoms with Crippen molar-refractivity contribution in [3.63, 3.8) is 0 Å². The Morgan fingerprint density at radius 2 is 1.71 bits per heavy atom. The minimum Gasteiger partial charge on any atom is -0.350 e. The van der Waals surface area contributed by atoms with E-state index in [-0.39, 0.29) is 11.8 Å². The smallest absolute Gasteiger partial charge is 0.244 e. The number of nitrogens with one attached hydrogen (secondary N) is 2. The predicted octanol–water partition coefficient (Wildman–Crippen LogP) is 2.83. The summed E-state index contributed by atoms with van der Waals surface area (Å²) in [5, 5.41) is 5.50. The van der Waals surface area contributed by atoms with Crippen molar-refractivity contribution in [1.82, 2.24) is 10.6 Å². The molecule has 0 spiro atoms. The first-order valence-corrected chi connectivity index (χ1v) is 7.92. The van der Waals surface area contributed by atoms with Gasteiger partial charge in [0.1, 0.15) is 6.04 Å². The fraction of sp³-hybridized carbons (Fsp3) is 0.200. The van der Waals surface area contributed by atoms with Crippen molar-refractivity contribution in [2.45, 2.75) is 26.4 Å². The van der Waals surface area contributed by atoms with E-state index in [0.717, 1.165) is 16.7 Å². The minimum atomic E-state index is -0.595. The van der Waals surface area contributed by atoms with Crippen molar-refractivity contribution in [1.29, 1.82) is 0 Å². The van der Waals surface area contributed by atoms with Crippen LogP contribution in [0.2, 0.25) is 0 Å². The lowest BCUT2D eigenvalue weighted by Gasteiger charge is -2.14. The summed E-state index contributed by atoms with van der Waals surface area (Å²) in [5.41, 5.74) is 3.12. The van der Waals surface area contributed by atoms with Crippen molar-refractivity contribution in [2.24, 2.45) is 0 Å². The van der Waals surface area contributed by atoms with E-state index in [1.165, 1.54) is 6.08 Å². The standard InChI is InChI=1S/C20H22N2O2/c1-15-8-6-7-11-18(15)14-21-20(24)16(2)22-19(23)13-12-17-9-4-3-5-10-17/h3-13,16H,14H2,1-2H3,(H,21,24)(H,22,23)/b13-12+. The van der Waals surface area contributed by atoms with Gasteiger partial charge in [-0.3, -0.25) is 9.59 Å². The van der Waals surface area contributed by atoms with Gasteiger partial charge in [-0.25, -0.2) is 0 Å². The van der Waals surface area contributed by atoms with E-state index in [2.05, 4.69) is 10.6 Å². The summed E-state index contributed by atoms with van der Waals surface area (Å²) >= 11 is 0. The molecule has 0 radical (unpaired) electrons. The number of hydrogen-bond acceptors (Lipinski definition) is 2. The van der Waals surface area contributed by atoms with Gasteiger partial charge in [0.15, 0.2) is 0 Å². The number of carbonyl (C=O) groups excluding carboxylic acids is 2. The third-order valence-corrected chi connectivity index (χ3v) is 3.69. The highest BCUT2D eigenvalue weighted by Gasteiger charge is 2.14. The molecule has 2 rings (SSSR count). The van der Waals surface area contributed by atoms with Crippen LogP contribution in [-0.4, -0.2) is 17.9 Å². The van der Waals surface area contributed by atoms with Crippen LogP contribution in [-0.2, 0) is 16.1 Å². The third-order valence-electron chi connectivity index (χ3n) is 3.69. The summed E-state index contributed by atoms with van der Waals surface area (Å²) in [6, 6.07) is 16.8. The Morgan fingerprint density at radius 3 is 2.42 bits per heavy atom. The largest absolute Gasteiger partial charge is 0.350 e. The second-order valence-corrected chi connectivity index (χ2v) is 5.62. The molecule has 1 atom stereocenters. The molecule has 0 saturated heterocycles. The Morgan fingerprint density at radius 1 is 1.04 bits per heavy atom. The number of carbonyl (C=O) groups is 2. The quantitative estimate of drug-likeness (QED) is 0.804. The second-order valence-electron chi connectivity index (χ2n) is 5.62. The van der Waals surface area contributed by atoms with Crippen LogP contribution in [0.4, 0.5) is 0 Å². The van der Waals surface area contributed by atoms with Crippen molar-refractivity contribution < 1.29 is 9.59 Å². The SMILES string of the molecule is Cc1ccccc1CNC(=O)C(C)NC(=O)/C=C/c1ccccc1. The molecule has 0 aliphatic heterocycles. The fourth-order valence-corrected chi connectivity index (χ4v) is 2.21. The summed E-state index contributed by atoms with van der Waals surface area (Å²) in [4.78, 5) is 24.0. The first kappa shape index (κ1) is 17.5. The lowest BCUT2D eigenvalue weighted by Crippen LogP contribution is -2.44. The number of amides is 2. The highest BCUT2D eigenvalue weighted by atomic mass is 16.2. The van der Waals surface area contributed by atoms with Crippen LogP contribution in [0.15, 0.2) is 60.7 Å². The average Bonchev–Trinajstić information content (AvgIpc) is 2.60. The Balaban J connectivity index is 1.81. The maximum Gasteiger partial charge on any atom is 0.244 e. The van der Waals surface area contributed by atoms with E-state index in [1.54, 1.807) is 13.0 Å². The molecule has 2 aromatic rings. The molecular formula is C20H22N2O2. The molecule has 0 aliphatic rings. The van der Waals surface area contributed by atoms with E-state index < -0.39 is 6.04 Å². The molecule has 4 heteroatoms. The number of hydrogen-bond donors (Lipinski definition) is 2. The van der Waals surface area contributed by atoms with Crippen LogP contribution in [0.25, 0.3) is 6.08 Å². The van der Waals surface area contributed by atoms with Crippen LogP contribution in [0.5, 0.6) is 0 Å². The van der Waals surface area contributed by atoms with Gasteiger partial charge in [-0.2, -0.15) is 0 Å². The zero-order chi connectivity index (χ0) is 17.4. The Hall–Kier alpha value is -2.88. The average molecular weight is 322 g/mol. The zero-order valence-corrected chi connectivity index (χ0v) is 14.0. The summed E-state index contributed by atoms with van der Waals surface area (Å²) in [7, 11) is 0. The van der Waals surface area contributed by atoms with E-state index in [9.17, 15) is 9.59 Å². The van der Waals surface area contributed by atoms with Crippen LogP contribution in [0.3, 0.4) is 0 Å². The molecule has 24 heavy (non-hydrogen) atoms. The normalized spacial score (nSPS) is 11.9. The molecule has 0 saturated carbocycles. The monoisotopic (exact) mass is 322 g/mol. The van der Waals surface area contributed by atoms with Crippen LogP contribution in [0, 0.1) is 6.92 Å². The van der Waals surface area contributed by atoms with Crippen molar-refractivity contribution >= 4 is 17.9 Å². The summed E-state index contributed by atoms with van der Waals surface area (Å²) in [6.07, 6.45) is 3.15. The van der Waals surface area contributed by atoms with Gasteiger partial charge in [0.2, 0.25) is 11.8 Å². The molecule has 0 fully saturated rings. The Kier molecular flexibility index (Phi) is 6.32. The molecule has 2 N–H and O–H groups in total. The van der Waals surface area contributed by atoms with Crippen molar-refractivity contribution in [3.8, 4) is 0 Å². The Bertz CT molecular complexity index is 723. The van der Waals surface area contributed by atoms with Crippen molar-refractivity contribution in [3.05, 3.63) is 77.4 Å². The molecular weight excluding hydrogens is 300 g/mol. The second kappa shape index (κ2) is 8.67. The highest BCUT2D eigenvalue weighted by Crippen LogP contribution is 2.06. The van der Waals surface area contributed by atoms with Gasteiger partial charge in [0.25, 0.3) is 0 Å². The highest BCUT2D eigenvalue weighted by molar-refractivity contribution is 5.95. The van der Waals surface area contributed by atoms with E-state index in [1.807, 2.05) is 61.5 Å². The van der Waals surface area contributed by atoms with Crippen LogP contribution >= 0.6 is 0 Å². The Labute approximate surface area is 142 Å². The van der Waals surface area contributed by atoms with Gasteiger partial charge in [0, 0.05) is 12.6 Å². The summed E-state index contributed by atoms with van der Waals surface area (Å²) in [5.74, 6) is -0.503. The third kappa shape index (κ3) is 5.39. The van der Waals surface area contributed by atoms with Crippen LogP contribution < -0.4 is 10.6 Å². The van der Waals surface area contributed by atoms with Gasteiger partial charge >= 0.3 is 0 Å². The molecule has 1 unspecified atom stereocenters. The summed E-state index contributed by atoms with van der Waals surface area (Å²) in [6.45, 7) is 4.12. The molecule has 2 aromatic carbocycles. The van der Waals surface area contributed by atoms with Gasteiger partial charge < -0.3 is 10.6 Å². The fourth-order valence-electron chi connectivity index (χ4n) is 2.21. The van der Waals surface area contributed by atoms with E-state index >= 15 is 0 Å². The number of benzene rings is 2. The molecule has 0 bridgehead atoms. The first-order chi connectivity index (χ1) is 11.6. The van der Waals surface area contributed by atoms with Gasteiger partial charge in [-0.05, 0) is 36.6 Å². The zero-order valence-electron chi connectivity index (χ0n) is 14.0. The molecule has 4 nitrogen and oxygen atoms in total. The lowest BCUT2D eigenvalue weighted by molar-refractivity contribution is -0.126. The molecule has 0 aliphatic carbocycles. The van der Waals surface area contributed by atoms with Crippen molar-refractivity contribution in [2.75, 3.05) is 0 Å². The molecule has 0 heterocycles. The maximum absolute atomic E-state index is 12.1. The van der Waals surface area contributed by atoms with Gasteiger partial charge in [-0.1, -0.05) is 54.6 Å². The van der Waals surface area contributed by atoms with Gasteiger partial charge in [-0.15, -0.1) is 0 Å². The van der Waals surface area contributed by atoms with E-state index in [0.29, 0.717) is 6.54 Å². The predicted molar refractivity (Wildman–Crippen MR) is 96.1 cm³/mol. The first-order valence-electron chi connectivity index (χ1n) is 7.92.